The lowest BCUT2D eigenvalue weighted by Gasteiger charge is -2.23. The number of rotatable bonds is 6. The van der Waals surface area contributed by atoms with E-state index in [1.807, 2.05) is 0 Å². The van der Waals surface area contributed by atoms with E-state index in [9.17, 15) is 17.6 Å². The Labute approximate surface area is 146 Å². The predicted octanol–water partition coefficient (Wildman–Crippen LogP) is 1.61. The minimum absolute atomic E-state index is 0.110. The van der Waals surface area contributed by atoms with Gasteiger partial charge in [0, 0.05) is 12.6 Å². The number of benzene rings is 2. The first-order chi connectivity index (χ1) is 11.8. The number of nitrogens with one attached hydrogen (secondary N) is 1. The van der Waals surface area contributed by atoms with E-state index in [0.29, 0.717) is 22.4 Å². The summed E-state index contributed by atoms with van der Waals surface area (Å²) >= 11 is 0. The van der Waals surface area contributed by atoms with Crippen LogP contribution in [0.4, 0.5) is 10.1 Å². The maximum Gasteiger partial charge on any atom is 0.251 e. The van der Waals surface area contributed by atoms with Crippen LogP contribution in [0.1, 0.15) is 10.4 Å². The van der Waals surface area contributed by atoms with Crippen LogP contribution < -0.4 is 9.62 Å². The lowest BCUT2D eigenvalue weighted by atomic mass is 9.98. The second-order valence-electron chi connectivity index (χ2n) is 5.37. The van der Waals surface area contributed by atoms with Crippen molar-refractivity contribution in [3.63, 3.8) is 0 Å². The van der Waals surface area contributed by atoms with Gasteiger partial charge in [-0.05, 0) is 41.5 Å². The second kappa shape index (κ2) is 7.62. The average Bonchev–Trinajstić information content (AvgIpc) is 2.58. The van der Waals surface area contributed by atoms with Crippen molar-refractivity contribution < 1.29 is 22.7 Å². The topological polar surface area (TPSA) is 86.7 Å². The van der Waals surface area contributed by atoms with Crippen molar-refractivity contribution in [1.82, 2.24) is 5.32 Å². The van der Waals surface area contributed by atoms with Crippen molar-refractivity contribution in [1.29, 1.82) is 0 Å². The Morgan fingerprint density at radius 1 is 1.20 bits per heavy atom. The van der Waals surface area contributed by atoms with E-state index in [1.165, 1.54) is 49.5 Å². The lowest BCUT2D eigenvalue weighted by molar-refractivity contribution is 0.0963. The van der Waals surface area contributed by atoms with E-state index in [-0.39, 0.29) is 19.1 Å². The van der Waals surface area contributed by atoms with Gasteiger partial charge in [-0.1, -0.05) is 12.1 Å². The molecule has 0 aliphatic heterocycles. The summed E-state index contributed by atoms with van der Waals surface area (Å²) in [4.78, 5) is 12.1. The first-order valence-electron chi connectivity index (χ1n) is 7.48. The summed E-state index contributed by atoms with van der Waals surface area (Å²) in [5.74, 6) is -0.765. The molecule has 2 rings (SSSR count). The molecule has 0 unspecified atom stereocenters. The van der Waals surface area contributed by atoms with Gasteiger partial charge in [-0.2, -0.15) is 0 Å². The quantitative estimate of drug-likeness (QED) is 0.813. The fourth-order valence-corrected chi connectivity index (χ4v) is 3.38. The molecule has 0 spiro atoms. The molecule has 0 aromatic heterocycles. The summed E-state index contributed by atoms with van der Waals surface area (Å²) in [5, 5.41) is 11.7. The van der Waals surface area contributed by atoms with Crippen LogP contribution in [0.3, 0.4) is 0 Å². The Morgan fingerprint density at radius 3 is 2.36 bits per heavy atom. The van der Waals surface area contributed by atoms with Crippen LogP contribution >= 0.6 is 0 Å². The van der Waals surface area contributed by atoms with Crippen molar-refractivity contribution in [3.05, 3.63) is 53.8 Å². The van der Waals surface area contributed by atoms with Crippen molar-refractivity contribution in [2.75, 3.05) is 30.8 Å². The van der Waals surface area contributed by atoms with E-state index >= 15 is 0 Å². The van der Waals surface area contributed by atoms with Crippen LogP contribution in [0.15, 0.2) is 42.5 Å². The first kappa shape index (κ1) is 18.9. The molecule has 25 heavy (non-hydrogen) atoms. The largest absolute Gasteiger partial charge is 0.394 e. The molecule has 2 aromatic carbocycles. The van der Waals surface area contributed by atoms with Crippen molar-refractivity contribution in [2.45, 2.75) is 0 Å². The summed E-state index contributed by atoms with van der Waals surface area (Å²) in [6.45, 7) is -0.461. The van der Waals surface area contributed by atoms with Crippen molar-refractivity contribution in [3.8, 4) is 11.1 Å². The van der Waals surface area contributed by atoms with Crippen LogP contribution in [0.5, 0.6) is 0 Å². The van der Waals surface area contributed by atoms with E-state index in [2.05, 4.69) is 5.32 Å². The van der Waals surface area contributed by atoms with Crippen LogP contribution in [0.2, 0.25) is 0 Å². The van der Waals surface area contributed by atoms with Crippen LogP contribution in [-0.2, 0) is 10.0 Å². The summed E-state index contributed by atoms with van der Waals surface area (Å²) in [6.07, 6.45) is 1.03. The zero-order chi connectivity index (χ0) is 18.6. The zero-order valence-electron chi connectivity index (χ0n) is 13.9. The van der Waals surface area contributed by atoms with Crippen molar-refractivity contribution in [2.24, 2.45) is 0 Å². The minimum Gasteiger partial charge on any atom is -0.394 e. The molecule has 2 N–H and O–H groups in total. The number of halogens is 1. The second-order valence-corrected chi connectivity index (χ2v) is 7.28. The summed E-state index contributed by atoms with van der Waals surface area (Å²) in [5.41, 5.74) is 1.67. The number of carbonyl (C=O) groups excluding carboxylic acids is 1. The minimum atomic E-state index is -3.61. The number of carbonyl (C=O) groups is 1. The smallest absolute Gasteiger partial charge is 0.251 e. The highest BCUT2D eigenvalue weighted by Crippen LogP contribution is 2.30. The number of anilines is 1. The highest BCUT2D eigenvalue weighted by molar-refractivity contribution is 7.92. The first-order valence-corrected chi connectivity index (χ1v) is 9.33. The molecule has 6 nitrogen and oxygen atoms in total. The summed E-state index contributed by atoms with van der Waals surface area (Å²) in [6, 6.07) is 10.1. The summed E-state index contributed by atoms with van der Waals surface area (Å²) < 4.78 is 38.2. The van der Waals surface area contributed by atoms with E-state index < -0.39 is 15.8 Å². The van der Waals surface area contributed by atoms with Crippen molar-refractivity contribution >= 4 is 21.6 Å². The van der Waals surface area contributed by atoms with Gasteiger partial charge in [0.05, 0.1) is 25.1 Å². The third-order valence-electron chi connectivity index (χ3n) is 3.62. The summed E-state index contributed by atoms with van der Waals surface area (Å²) in [7, 11) is -2.13. The monoisotopic (exact) mass is 366 g/mol. The third kappa shape index (κ3) is 4.34. The molecule has 0 atom stereocenters. The van der Waals surface area contributed by atoms with Gasteiger partial charge in [0.1, 0.15) is 5.82 Å². The molecule has 0 fully saturated rings. The number of amides is 1. The number of hydrogen-bond donors (Lipinski definition) is 2. The third-order valence-corrected chi connectivity index (χ3v) is 4.82. The Hall–Kier alpha value is -2.45. The molecule has 0 bridgehead atoms. The Bertz CT molecular complexity index is 867. The number of aliphatic hydroxyl groups is 1. The molecule has 1 amide bonds. The Morgan fingerprint density at radius 2 is 1.84 bits per heavy atom. The SMILES string of the molecule is CNC(=O)c1ccc(N(CCO)S(C)(=O)=O)cc1-c1ccc(F)cc1. The number of sulfonamides is 1. The molecule has 0 aliphatic rings. The molecule has 0 saturated heterocycles. The Kier molecular flexibility index (Phi) is 5.76. The van der Waals surface area contributed by atoms with Crippen LogP contribution in [0.25, 0.3) is 11.1 Å². The number of hydrogen-bond acceptors (Lipinski definition) is 4. The van der Waals surface area contributed by atoms with Gasteiger partial charge in [0.2, 0.25) is 10.0 Å². The van der Waals surface area contributed by atoms with Gasteiger partial charge in [0.25, 0.3) is 5.91 Å². The van der Waals surface area contributed by atoms with Crippen LogP contribution in [-0.4, -0.2) is 45.9 Å². The molecule has 2 aromatic rings. The standard InChI is InChI=1S/C17H19FN2O4S/c1-19-17(22)15-8-7-14(20(9-10-21)25(2,23)24)11-16(15)12-3-5-13(18)6-4-12/h3-8,11,21H,9-10H2,1-2H3,(H,19,22). The van der Waals surface area contributed by atoms with Gasteiger partial charge >= 0.3 is 0 Å². The van der Waals surface area contributed by atoms with Gasteiger partial charge in [-0.25, -0.2) is 12.8 Å². The van der Waals surface area contributed by atoms with E-state index in [0.717, 1.165) is 10.6 Å². The van der Waals surface area contributed by atoms with Gasteiger partial charge in [0.15, 0.2) is 0 Å². The molecule has 0 heterocycles. The molecule has 0 radical (unpaired) electrons. The fourth-order valence-electron chi connectivity index (χ4n) is 2.47. The van der Waals surface area contributed by atoms with E-state index in [1.54, 1.807) is 0 Å². The highest BCUT2D eigenvalue weighted by atomic mass is 32.2. The molecule has 0 saturated carbocycles. The lowest BCUT2D eigenvalue weighted by Crippen LogP contribution is -2.32. The normalized spacial score (nSPS) is 11.2. The predicted molar refractivity (Wildman–Crippen MR) is 94.5 cm³/mol. The highest BCUT2D eigenvalue weighted by Gasteiger charge is 2.20. The molecule has 0 aliphatic carbocycles. The zero-order valence-corrected chi connectivity index (χ0v) is 14.7. The maximum absolute atomic E-state index is 13.2. The van der Waals surface area contributed by atoms with Crippen LogP contribution in [0, 0.1) is 5.82 Å². The molecule has 8 heteroatoms. The van der Waals surface area contributed by atoms with Gasteiger partial charge < -0.3 is 10.4 Å². The Balaban J connectivity index is 2.65. The fraction of sp³-hybridized carbons (Fsp3) is 0.235. The molecule has 134 valence electrons. The average molecular weight is 366 g/mol. The number of aliphatic hydroxyl groups excluding tert-OH is 1. The maximum atomic E-state index is 13.2. The molecular formula is C17H19FN2O4S. The van der Waals surface area contributed by atoms with E-state index in [4.69, 9.17) is 5.11 Å². The molecular weight excluding hydrogens is 347 g/mol. The van der Waals surface area contributed by atoms with Gasteiger partial charge in [-0.15, -0.1) is 0 Å². The van der Waals surface area contributed by atoms with Gasteiger partial charge in [-0.3, -0.25) is 9.10 Å². The number of nitrogens with zero attached hydrogens (tertiary/aromatic N) is 1.